The van der Waals surface area contributed by atoms with Gasteiger partial charge < -0.3 is 15.5 Å². The highest BCUT2D eigenvalue weighted by Crippen LogP contribution is 2.25. The summed E-state index contributed by atoms with van der Waals surface area (Å²) in [6.07, 6.45) is 6.80. The molecule has 1 saturated carbocycles. The highest BCUT2D eigenvalue weighted by molar-refractivity contribution is 7.12. The van der Waals surface area contributed by atoms with Gasteiger partial charge in [0.05, 0.1) is 11.4 Å². The molecule has 1 heterocycles. The van der Waals surface area contributed by atoms with Gasteiger partial charge in [0.25, 0.3) is 5.91 Å². The third-order valence-electron chi connectivity index (χ3n) is 5.49. The lowest BCUT2D eigenvalue weighted by Gasteiger charge is -2.33. The van der Waals surface area contributed by atoms with Crippen LogP contribution in [0.1, 0.15) is 53.4 Å². The molecular weight excluding hydrogens is 446 g/mol. The minimum absolute atomic E-state index is 0.102. The van der Waals surface area contributed by atoms with Crippen molar-refractivity contribution in [1.82, 2.24) is 15.5 Å². The van der Waals surface area contributed by atoms with Gasteiger partial charge in [0.1, 0.15) is 6.04 Å². The lowest BCUT2D eigenvalue weighted by atomic mass is 9.94. The van der Waals surface area contributed by atoms with Gasteiger partial charge >= 0.3 is 0 Å². The third-order valence-corrected chi connectivity index (χ3v) is 6.61. The van der Waals surface area contributed by atoms with E-state index in [2.05, 4.69) is 17.2 Å². The fourth-order valence-electron chi connectivity index (χ4n) is 3.89. The maximum Gasteiger partial charge on any atom is 0.261 e. The first-order valence-electron chi connectivity index (χ1n) is 10.8. The second kappa shape index (κ2) is 11.8. The van der Waals surface area contributed by atoms with E-state index in [4.69, 9.17) is 11.6 Å². The van der Waals surface area contributed by atoms with Crippen LogP contribution in [-0.4, -0.2) is 41.8 Å². The molecule has 3 amide bonds. The summed E-state index contributed by atoms with van der Waals surface area (Å²) in [5.41, 5.74) is 0.655. The maximum atomic E-state index is 13.4. The summed E-state index contributed by atoms with van der Waals surface area (Å²) in [6, 6.07) is 9.63. The third kappa shape index (κ3) is 6.43. The number of thiophene rings is 1. The number of nitrogens with zero attached hydrogens (tertiary/aromatic N) is 1. The lowest BCUT2D eigenvalue weighted by molar-refractivity contribution is -0.139. The zero-order valence-electron chi connectivity index (χ0n) is 17.9. The minimum atomic E-state index is -0.849. The quantitative estimate of drug-likeness (QED) is 0.532. The van der Waals surface area contributed by atoms with Crippen LogP contribution in [0.3, 0.4) is 0 Å². The second-order valence-corrected chi connectivity index (χ2v) is 9.18. The molecule has 0 radical (unpaired) electrons. The van der Waals surface area contributed by atoms with Crippen molar-refractivity contribution in [3.63, 3.8) is 0 Å². The van der Waals surface area contributed by atoms with E-state index in [-0.39, 0.29) is 36.9 Å². The number of hydrogen-bond donors (Lipinski definition) is 2. The molecule has 1 aliphatic rings. The molecule has 0 saturated heterocycles. The number of benzene rings is 1. The number of carbonyl (C=O) groups is 3. The predicted molar refractivity (Wildman–Crippen MR) is 128 cm³/mol. The van der Waals surface area contributed by atoms with E-state index in [1.54, 1.807) is 47.9 Å². The van der Waals surface area contributed by atoms with E-state index >= 15 is 0 Å². The van der Waals surface area contributed by atoms with Crippen molar-refractivity contribution in [2.24, 2.45) is 0 Å². The van der Waals surface area contributed by atoms with Gasteiger partial charge in [0, 0.05) is 17.6 Å². The SMILES string of the molecule is C=CCN(C(=O)CNC(=O)c1cccs1)C(C(=O)NC1CCCCC1)c1ccc(Cl)cc1. The molecule has 1 fully saturated rings. The first-order chi connectivity index (χ1) is 15.5. The molecule has 3 rings (SSSR count). The topological polar surface area (TPSA) is 78.5 Å². The Kier molecular flexibility index (Phi) is 8.88. The number of amides is 3. The van der Waals surface area contributed by atoms with Gasteiger partial charge in [-0.15, -0.1) is 17.9 Å². The molecule has 0 bridgehead atoms. The van der Waals surface area contributed by atoms with Crippen molar-refractivity contribution in [3.8, 4) is 0 Å². The monoisotopic (exact) mass is 473 g/mol. The second-order valence-electron chi connectivity index (χ2n) is 7.79. The Balaban J connectivity index is 1.80. The average molecular weight is 474 g/mol. The summed E-state index contributed by atoms with van der Waals surface area (Å²) in [7, 11) is 0. The molecule has 1 atom stereocenters. The van der Waals surface area contributed by atoms with Crippen molar-refractivity contribution >= 4 is 40.7 Å². The molecular formula is C24H28ClN3O3S. The van der Waals surface area contributed by atoms with E-state index in [1.807, 2.05) is 0 Å². The summed E-state index contributed by atoms with van der Waals surface area (Å²) in [6.45, 7) is 3.70. The van der Waals surface area contributed by atoms with Gasteiger partial charge in [-0.25, -0.2) is 0 Å². The molecule has 2 aromatic rings. The van der Waals surface area contributed by atoms with Gasteiger partial charge in [0.2, 0.25) is 11.8 Å². The molecule has 1 unspecified atom stereocenters. The van der Waals surface area contributed by atoms with Gasteiger partial charge in [-0.05, 0) is 42.0 Å². The molecule has 1 aromatic heterocycles. The number of halogens is 1. The van der Waals surface area contributed by atoms with Crippen LogP contribution in [0.4, 0.5) is 0 Å². The Bertz CT molecular complexity index is 924. The van der Waals surface area contributed by atoms with E-state index in [0.29, 0.717) is 15.5 Å². The van der Waals surface area contributed by atoms with Crippen LogP contribution < -0.4 is 10.6 Å². The summed E-state index contributed by atoms with van der Waals surface area (Å²) in [5.74, 6) is -0.922. The molecule has 1 aromatic carbocycles. The maximum absolute atomic E-state index is 13.4. The molecule has 32 heavy (non-hydrogen) atoms. The van der Waals surface area contributed by atoms with Crippen LogP contribution in [0.15, 0.2) is 54.4 Å². The standard InChI is InChI=1S/C24H28ClN3O3S/c1-2-14-28(21(29)16-26-23(30)20-9-6-15-32-20)22(17-10-12-18(25)13-11-17)24(31)27-19-7-4-3-5-8-19/h2,6,9-13,15,19,22H,1,3-5,7-8,14,16H2,(H,26,30)(H,27,31). The Morgan fingerprint density at radius 2 is 1.88 bits per heavy atom. The van der Waals surface area contributed by atoms with Gasteiger partial charge in [-0.3, -0.25) is 14.4 Å². The van der Waals surface area contributed by atoms with Crippen molar-refractivity contribution in [2.45, 2.75) is 44.2 Å². The van der Waals surface area contributed by atoms with E-state index in [9.17, 15) is 14.4 Å². The average Bonchev–Trinajstić information content (AvgIpc) is 3.34. The highest BCUT2D eigenvalue weighted by Gasteiger charge is 2.32. The van der Waals surface area contributed by atoms with Crippen molar-refractivity contribution < 1.29 is 14.4 Å². The van der Waals surface area contributed by atoms with Gasteiger partial charge in [0.15, 0.2) is 0 Å². The van der Waals surface area contributed by atoms with Crippen LogP contribution in [0.25, 0.3) is 0 Å². The summed E-state index contributed by atoms with van der Waals surface area (Å²) < 4.78 is 0. The number of carbonyl (C=O) groups excluding carboxylic acids is 3. The molecule has 0 aliphatic heterocycles. The van der Waals surface area contributed by atoms with E-state index in [1.165, 1.54) is 22.7 Å². The Labute approximate surface area is 197 Å². The Morgan fingerprint density at radius 1 is 1.16 bits per heavy atom. The number of nitrogens with one attached hydrogen (secondary N) is 2. The van der Waals surface area contributed by atoms with Crippen LogP contribution in [0.5, 0.6) is 0 Å². The van der Waals surface area contributed by atoms with E-state index < -0.39 is 6.04 Å². The number of hydrogen-bond acceptors (Lipinski definition) is 4. The molecule has 8 heteroatoms. The zero-order chi connectivity index (χ0) is 22.9. The molecule has 6 nitrogen and oxygen atoms in total. The van der Waals surface area contributed by atoms with E-state index in [0.717, 1.165) is 25.7 Å². The smallest absolute Gasteiger partial charge is 0.261 e. The molecule has 1 aliphatic carbocycles. The predicted octanol–water partition coefficient (Wildman–Crippen LogP) is 4.34. The van der Waals surface area contributed by atoms with Crippen LogP contribution >= 0.6 is 22.9 Å². The van der Waals surface area contributed by atoms with Gasteiger partial charge in [-0.2, -0.15) is 0 Å². The summed E-state index contributed by atoms with van der Waals surface area (Å²) in [5, 5.41) is 8.12. The fraction of sp³-hybridized carbons (Fsp3) is 0.375. The van der Waals surface area contributed by atoms with Gasteiger partial charge in [-0.1, -0.05) is 55.1 Å². The normalized spacial score (nSPS) is 14.9. The fourth-order valence-corrected chi connectivity index (χ4v) is 4.65. The highest BCUT2D eigenvalue weighted by atomic mass is 35.5. The first-order valence-corrected chi connectivity index (χ1v) is 12.0. The van der Waals surface area contributed by atoms with Crippen LogP contribution in [0, 0.1) is 0 Å². The molecule has 2 N–H and O–H groups in total. The van der Waals surface area contributed by atoms with Crippen LogP contribution in [0.2, 0.25) is 5.02 Å². The van der Waals surface area contributed by atoms with Crippen LogP contribution in [-0.2, 0) is 9.59 Å². The molecule has 0 spiro atoms. The Morgan fingerprint density at radius 3 is 2.50 bits per heavy atom. The number of rotatable bonds is 9. The largest absolute Gasteiger partial charge is 0.351 e. The van der Waals surface area contributed by atoms with Crippen molar-refractivity contribution in [2.75, 3.05) is 13.1 Å². The first kappa shape index (κ1) is 24.0. The molecule has 170 valence electrons. The minimum Gasteiger partial charge on any atom is -0.351 e. The summed E-state index contributed by atoms with van der Waals surface area (Å²) >= 11 is 7.34. The van der Waals surface area contributed by atoms with Crippen molar-refractivity contribution in [3.05, 3.63) is 69.9 Å². The zero-order valence-corrected chi connectivity index (χ0v) is 19.5. The van der Waals surface area contributed by atoms with Crippen molar-refractivity contribution in [1.29, 1.82) is 0 Å². The Hall–Kier alpha value is -2.64. The summed E-state index contributed by atoms with van der Waals surface area (Å²) in [4.78, 5) is 40.8. The lowest BCUT2D eigenvalue weighted by Crippen LogP contribution is -2.49.